The predicted octanol–water partition coefficient (Wildman–Crippen LogP) is 19.1. The smallest absolute Gasteiger partial charge is 0.294 e. The van der Waals surface area contributed by atoms with Gasteiger partial charge in [0.25, 0.3) is 10.1 Å². The number of rotatable bonds is 19. The second-order valence-electron chi connectivity index (χ2n) is 33.8. The van der Waals surface area contributed by atoms with Crippen LogP contribution in [0.5, 0.6) is 11.5 Å². The quantitative estimate of drug-likeness (QED) is 0.0110. The third-order valence-corrected chi connectivity index (χ3v) is 30.0. The summed E-state index contributed by atoms with van der Waals surface area (Å²) in [6, 6.07) is 36.1. The molecule has 4 aliphatic rings. The number of hydrogen-bond donors (Lipinski definition) is 6. The van der Waals surface area contributed by atoms with Crippen molar-refractivity contribution < 1.29 is 36.7 Å². The number of nitrogen functional groups attached to an aromatic ring is 1. The number of nitrogens with two attached hydrogens (primary N) is 1. The van der Waals surface area contributed by atoms with Crippen LogP contribution >= 0.6 is 80.4 Å². The Morgan fingerprint density at radius 1 is 0.579 bits per heavy atom. The Kier molecular flexibility index (Phi) is 35.8. The number of halogens is 3. The van der Waals surface area contributed by atoms with Gasteiger partial charge in [-0.15, -0.1) is 33.8 Å². The molecule has 4 aliphatic heterocycles. The molecule has 0 atom stereocenters. The summed E-state index contributed by atoms with van der Waals surface area (Å²) in [6.07, 6.45) is 10.2. The molecule has 0 radical (unpaired) electrons. The molecule has 0 aliphatic carbocycles. The Balaban J connectivity index is 0.000000202. The van der Waals surface area contributed by atoms with E-state index in [0.29, 0.717) is 39.2 Å². The second-order valence-corrected chi connectivity index (χ2v) is 55.3. The average molecular weight is 1920 g/mol. The molecule has 0 amide bonds. The van der Waals surface area contributed by atoms with E-state index >= 15 is 0 Å². The molecular formula is C89H121Br2ClN14O8P2S3Si2. The van der Waals surface area contributed by atoms with E-state index in [-0.39, 0.29) is 10.2 Å². The van der Waals surface area contributed by atoms with Crippen molar-refractivity contribution in [2.24, 2.45) is 0 Å². The van der Waals surface area contributed by atoms with E-state index in [0.717, 1.165) is 139 Å². The van der Waals surface area contributed by atoms with Crippen LogP contribution in [-0.4, -0.2) is 226 Å². The van der Waals surface area contributed by atoms with E-state index in [9.17, 15) is 17.5 Å². The van der Waals surface area contributed by atoms with Gasteiger partial charge >= 0.3 is 0 Å². The number of benzene rings is 5. The van der Waals surface area contributed by atoms with Crippen LogP contribution in [0.15, 0.2) is 135 Å². The first-order chi connectivity index (χ1) is 57.1. The minimum absolute atomic E-state index is 0.0666. The summed E-state index contributed by atoms with van der Waals surface area (Å²) < 4.78 is 68.9. The molecule has 0 spiro atoms. The molecule has 652 valence electrons. The SMILES string of the molecule is CCCCO.COc1cc(N2CCC(N3CCN(C)CC3)CC2)c(C)cc1N.COc1cc(N2CCC(N3CCN(C)CC3)CC2)c(C)cc1Nc1ncc(Br)c(Nc2ccc(-c3ccc(C#C[Si](C)(C)C)s3)cc2P(C)(C)=O)n1.C[Si](C)(C)C#Cc1ccc(-c2ccc(Nc3nc(Cl)ncc3Br)c(P(C)(C)=O)c2)s1.Cc1ccc(S(=O)(=O)O)cc1. The number of unbranched alkanes of at least 4 members (excludes halogenated alkanes) is 1. The fourth-order valence-corrected chi connectivity index (χ4v) is 20.5. The Bertz CT molecular complexity index is 5340. The van der Waals surface area contributed by atoms with Crippen LogP contribution in [0, 0.1) is 43.7 Å². The summed E-state index contributed by atoms with van der Waals surface area (Å²) in [5, 5.41) is 19.8. The average Bonchev–Trinajstić information content (AvgIpc) is 1.78. The monoisotopic (exact) mass is 1920 g/mol. The minimum atomic E-state index is -4.02. The van der Waals surface area contributed by atoms with Crippen LogP contribution in [-0.2, 0) is 19.2 Å². The van der Waals surface area contributed by atoms with Gasteiger partial charge in [0, 0.05) is 153 Å². The Labute approximate surface area is 750 Å². The lowest BCUT2D eigenvalue weighted by Gasteiger charge is -2.43. The largest absolute Gasteiger partial charge is 0.495 e. The number of piperidine rings is 2. The van der Waals surface area contributed by atoms with Gasteiger partial charge in [-0.2, -0.15) is 18.4 Å². The maximum atomic E-state index is 13.6. The number of aliphatic hydroxyl groups is 1. The highest BCUT2D eigenvalue weighted by Gasteiger charge is 2.31. The van der Waals surface area contributed by atoms with Crippen LogP contribution in [0.3, 0.4) is 0 Å². The molecule has 32 heteroatoms. The molecule has 22 nitrogen and oxygen atoms in total. The minimum Gasteiger partial charge on any atom is -0.495 e. The molecule has 0 bridgehead atoms. The van der Waals surface area contributed by atoms with Gasteiger partial charge in [0.05, 0.1) is 60.6 Å². The highest BCUT2D eigenvalue weighted by molar-refractivity contribution is 9.11. The molecule has 121 heavy (non-hydrogen) atoms. The van der Waals surface area contributed by atoms with Crippen molar-refractivity contribution in [3.63, 3.8) is 0 Å². The van der Waals surface area contributed by atoms with Gasteiger partial charge in [0.2, 0.25) is 11.2 Å². The molecule has 5 aromatic carbocycles. The highest BCUT2D eigenvalue weighted by atomic mass is 79.9. The molecule has 13 rings (SSSR count). The molecule has 0 unspecified atom stereocenters. The van der Waals surface area contributed by atoms with Crippen molar-refractivity contribution in [3.8, 4) is 55.3 Å². The first-order valence-electron chi connectivity index (χ1n) is 40.9. The number of thiophene rings is 2. The van der Waals surface area contributed by atoms with Crippen LogP contribution in [0.2, 0.25) is 44.6 Å². The maximum Gasteiger partial charge on any atom is 0.294 e. The van der Waals surface area contributed by atoms with E-state index in [1.807, 2.05) is 43.3 Å². The zero-order chi connectivity index (χ0) is 88.3. The molecule has 4 saturated heterocycles. The van der Waals surface area contributed by atoms with Gasteiger partial charge in [-0.05, 0) is 232 Å². The summed E-state index contributed by atoms with van der Waals surface area (Å²) in [5.41, 5.74) is 23.7. The molecule has 4 fully saturated rings. The first kappa shape index (κ1) is 97.8. The lowest BCUT2D eigenvalue weighted by molar-refractivity contribution is 0.0982. The van der Waals surface area contributed by atoms with Gasteiger partial charge < -0.3 is 65.0 Å². The summed E-state index contributed by atoms with van der Waals surface area (Å²) in [5.74, 6) is 9.70. The van der Waals surface area contributed by atoms with Crippen LogP contribution in [0.1, 0.15) is 71.9 Å². The number of likely N-dealkylation sites (N-methyl/N-ethyl adjacent to an activating group) is 2. The van der Waals surface area contributed by atoms with Crippen molar-refractivity contribution in [1.82, 2.24) is 39.5 Å². The molecule has 4 aromatic heterocycles. The first-order valence-corrected chi connectivity index (χ1v) is 58.1. The molecule has 9 aromatic rings. The Hall–Kier alpha value is -6.97. The van der Waals surface area contributed by atoms with Crippen molar-refractivity contribution in [3.05, 3.63) is 162 Å². The number of ether oxygens (including phenoxy) is 2. The standard InChI is InChI=1S/C39H51BrN7O2PSSi.C21H22BrClN3OPSSi.C18H30N4O.C7H8O3S.C4H10O/c1-27-23-33(35(49-3)25-34(27)47-16-13-29(14-17-47)46-20-18-45(2)19-21-46)43-39-41-26-31(40)38(44-39)42-32-11-9-28(24-36(32)50(4,5)48)37-12-10-30(51-37)15-22-52(6,7)8;1-28(2,27)18-12-14(19-9-7-15(29-19)10-11-30(3,4)5)6-8-17(18)25-20-16(22)13-24-21(23)26-20;1-14-12-16(19)18(23-3)13-17(14)22-6-4-15(5-7-22)21-10-8-20(2)9-11-21;1-6-2-4-7(5-3-6)11(8,9)10;1-2-3-4-5/h9-12,23-26,29H,13-14,16-21H2,1-8H3,(H2,41,42,43,44);6-9,12-13H,1-5H3,(H,24,25,26);12-13,15H,4-11,19H2,1-3H3;2-5H,1H3,(H,8,9,10);5H,2-4H2,1H3. The second kappa shape index (κ2) is 44.3. The number of piperazine rings is 2. The van der Waals surface area contributed by atoms with E-state index in [4.69, 9.17) is 41.5 Å². The number of hydrogen-bond acceptors (Lipinski definition) is 23. The third kappa shape index (κ3) is 29.6. The third-order valence-electron chi connectivity index (χ3n) is 20.9. The zero-order valence-corrected chi connectivity index (χ0v) is 83.4. The predicted molar refractivity (Wildman–Crippen MR) is 524 cm³/mol. The molecule has 0 saturated carbocycles. The van der Waals surface area contributed by atoms with Crippen molar-refractivity contribution >= 4 is 169 Å². The summed E-state index contributed by atoms with van der Waals surface area (Å²) in [7, 11) is -4.33. The summed E-state index contributed by atoms with van der Waals surface area (Å²) >= 11 is 16.3. The zero-order valence-electron chi connectivity index (χ0n) is 73.3. The number of nitrogens with zero attached hydrogens (tertiary/aromatic N) is 10. The lowest BCUT2D eigenvalue weighted by atomic mass is 10.0. The maximum absolute atomic E-state index is 13.6. The van der Waals surface area contributed by atoms with Crippen LogP contribution in [0.4, 0.5) is 51.7 Å². The van der Waals surface area contributed by atoms with Gasteiger partial charge in [0.1, 0.15) is 53.6 Å². The lowest BCUT2D eigenvalue weighted by Crippen LogP contribution is -2.52. The molecule has 7 N–H and O–H groups in total. The summed E-state index contributed by atoms with van der Waals surface area (Å²) in [4.78, 5) is 37.0. The molecular weight excluding hydrogens is 1800 g/mol. The van der Waals surface area contributed by atoms with E-state index in [1.165, 1.54) is 99.6 Å². The molecule has 8 heterocycles. The van der Waals surface area contributed by atoms with Gasteiger partial charge in [-0.25, -0.2) is 9.97 Å². The number of aromatic nitrogens is 4. The van der Waals surface area contributed by atoms with Crippen LogP contribution < -0.4 is 51.6 Å². The number of nitrogens with one attached hydrogen (secondary N) is 3. The fraction of sp³-hybridized carbons (Fsp3) is 0.438. The topological polar surface area (TPSA) is 260 Å². The van der Waals surface area contributed by atoms with Gasteiger partial charge in [0.15, 0.2) is 0 Å². The van der Waals surface area contributed by atoms with E-state index < -0.39 is 40.5 Å². The van der Waals surface area contributed by atoms with Gasteiger partial charge in [-0.1, -0.05) is 94.3 Å². The van der Waals surface area contributed by atoms with E-state index in [1.54, 1.807) is 88.1 Å². The van der Waals surface area contributed by atoms with E-state index in [2.05, 4.69) is 238 Å². The van der Waals surface area contributed by atoms with Crippen molar-refractivity contribution in [1.29, 1.82) is 0 Å². The Morgan fingerprint density at radius 2 is 1.01 bits per heavy atom. The summed E-state index contributed by atoms with van der Waals surface area (Å²) in [6.45, 7) is 42.9. The van der Waals surface area contributed by atoms with Crippen LogP contribution in [0.25, 0.3) is 20.9 Å². The number of anilines is 9. The normalized spacial score (nSPS) is 15.4. The number of aliphatic hydroxyl groups excluding tert-OH is 1. The van der Waals surface area contributed by atoms with Gasteiger partial charge in [-0.3, -0.25) is 14.4 Å². The van der Waals surface area contributed by atoms with Crippen molar-refractivity contribution in [2.45, 2.75) is 122 Å². The Morgan fingerprint density at radius 3 is 1.41 bits per heavy atom. The fourth-order valence-electron chi connectivity index (χ4n) is 14.1. The highest BCUT2D eigenvalue weighted by Crippen LogP contribution is 2.45. The number of aryl methyl sites for hydroxylation is 3. The van der Waals surface area contributed by atoms with Crippen molar-refractivity contribution in [2.75, 3.05) is 172 Å². The number of methoxy groups -OCH3 is 2.